The van der Waals surface area contributed by atoms with Crippen LogP contribution < -0.4 is 10.1 Å². The average Bonchev–Trinajstić information content (AvgIpc) is 3.27. The molecule has 0 aliphatic heterocycles. The maximum Gasteiger partial charge on any atom is 0.256 e. The third-order valence-electron chi connectivity index (χ3n) is 4.71. The van der Waals surface area contributed by atoms with E-state index in [1.807, 2.05) is 47.5 Å². The maximum absolute atomic E-state index is 12.6. The van der Waals surface area contributed by atoms with Crippen LogP contribution in [0.3, 0.4) is 0 Å². The van der Waals surface area contributed by atoms with E-state index in [0.717, 1.165) is 35.7 Å². The summed E-state index contributed by atoms with van der Waals surface area (Å²) in [5.41, 5.74) is 2.85. The molecule has 1 aliphatic carbocycles. The number of nitrogens with one attached hydrogen (secondary N) is 1. The summed E-state index contributed by atoms with van der Waals surface area (Å²) in [6.45, 7) is 0.413. The van der Waals surface area contributed by atoms with E-state index in [0.29, 0.717) is 6.61 Å². The first-order valence-corrected chi connectivity index (χ1v) is 9.68. The molecular weight excluding hydrogens is 346 g/mol. The first-order valence-electron chi connectivity index (χ1n) is 8.80. The zero-order valence-electron chi connectivity index (χ0n) is 14.7. The van der Waals surface area contributed by atoms with Crippen molar-refractivity contribution in [1.29, 1.82) is 0 Å². The molecule has 26 heavy (non-hydrogen) atoms. The number of amides is 1. The van der Waals surface area contributed by atoms with Gasteiger partial charge >= 0.3 is 0 Å². The summed E-state index contributed by atoms with van der Waals surface area (Å²) < 4.78 is 7.67. The van der Waals surface area contributed by atoms with Crippen molar-refractivity contribution in [1.82, 2.24) is 9.55 Å². The molecule has 0 bridgehead atoms. The lowest BCUT2D eigenvalue weighted by molar-refractivity contribution is 0.102. The fourth-order valence-corrected chi connectivity index (χ4v) is 4.33. The molecule has 1 aliphatic rings. The number of rotatable bonds is 5. The molecule has 2 aromatic heterocycles. The highest BCUT2D eigenvalue weighted by Gasteiger charge is 2.20. The first kappa shape index (κ1) is 16.8. The second-order valence-corrected chi connectivity index (χ2v) is 7.44. The van der Waals surface area contributed by atoms with Crippen LogP contribution in [0.1, 0.15) is 39.5 Å². The van der Waals surface area contributed by atoms with Crippen molar-refractivity contribution in [2.75, 3.05) is 5.32 Å². The quantitative estimate of drug-likeness (QED) is 0.736. The minimum absolute atomic E-state index is 0.0221. The van der Waals surface area contributed by atoms with Gasteiger partial charge in [0.1, 0.15) is 18.2 Å². The average molecular weight is 367 g/mol. The van der Waals surface area contributed by atoms with Crippen LogP contribution in [-0.2, 0) is 26.5 Å². The van der Waals surface area contributed by atoms with Gasteiger partial charge in [0.2, 0.25) is 0 Å². The molecule has 0 saturated carbocycles. The lowest BCUT2D eigenvalue weighted by Crippen LogP contribution is -2.14. The molecule has 5 nitrogen and oxygen atoms in total. The topological polar surface area (TPSA) is 56.1 Å². The number of hydrogen-bond donors (Lipinski definition) is 1. The van der Waals surface area contributed by atoms with E-state index in [4.69, 9.17) is 4.74 Å². The Morgan fingerprint density at radius 1 is 1.27 bits per heavy atom. The van der Waals surface area contributed by atoms with Gasteiger partial charge in [-0.15, -0.1) is 11.3 Å². The number of thiophene rings is 1. The Morgan fingerprint density at radius 2 is 2.08 bits per heavy atom. The van der Waals surface area contributed by atoms with E-state index in [9.17, 15) is 4.79 Å². The summed E-state index contributed by atoms with van der Waals surface area (Å²) in [6.07, 6.45) is 8.16. The molecule has 6 heteroatoms. The molecule has 4 rings (SSSR count). The normalized spacial score (nSPS) is 13.3. The SMILES string of the molecule is Cn1ccnc1COc1ccc(NC(=O)c2csc3c2CCCC3)cc1. The predicted molar refractivity (Wildman–Crippen MR) is 103 cm³/mol. The summed E-state index contributed by atoms with van der Waals surface area (Å²) in [4.78, 5) is 18.2. The third-order valence-corrected chi connectivity index (χ3v) is 5.80. The molecule has 3 aromatic rings. The lowest BCUT2D eigenvalue weighted by atomic mass is 9.95. The van der Waals surface area contributed by atoms with Gasteiger partial charge in [0, 0.05) is 35.4 Å². The number of fused-ring (bicyclic) bond motifs is 1. The molecule has 0 spiro atoms. The fourth-order valence-electron chi connectivity index (χ4n) is 3.20. The Morgan fingerprint density at radius 3 is 2.85 bits per heavy atom. The van der Waals surface area contributed by atoms with E-state index in [-0.39, 0.29) is 5.91 Å². The summed E-state index contributed by atoms with van der Waals surface area (Å²) >= 11 is 1.71. The zero-order chi connectivity index (χ0) is 17.9. The van der Waals surface area contributed by atoms with Crippen LogP contribution in [0.4, 0.5) is 5.69 Å². The molecule has 0 radical (unpaired) electrons. The Balaban J connectivity index is 1.39. The lowest BCUT2D eigenvalue weighted by Gasteiger charge is -2.13. The summed E-state index contributed by atoms with van der Waals surface area (Å²) in [6, 6.07) is 7.46. The molecule has 0 unspecified atom stereocenters. The number of aromatic nitrogens is 2. The van der Waals surface area contributed by atoms with Crippen molar-refractivity contribution in [3.63, 3.8) is 0 Å². The van der Waals surface area contributed by atoms with Gasteiger partial charge in [-0.05, 0) is 55.5 Å². The van der Waals surface area contributed by atoms with Crippen LogP contribution in [0, 0.1) is 0 Å². The second-order valence-electron chi connectivity index (χ2n) is 6.48. The van der Waals surface area contributed by atoms with E-state index >= 15 is 0 Å². The smallest absolute Gasteiger partial charge is 0.256 e. The molecule has 1 N–H and O–H groups in total. The Kier molecular flexibility index (Phi) is 4.75. The van der Waals surface area contributed by atoms with E-state index < -0.39 is 0 Å². The van der Waals surface area contributed by atoms with E-state index in [2.05, 4.69) is 10.3 Å². The van der Waals surface area contributed by atoms with Gasteiger partial charge in [-0.25, -0.2) is 4.98 Å². The molecule has 0 saturated heterocycles. The van der Waals surface area contributed by atoms with Crippen LogP contribution >= 0.6 is 11.3 Å². The fraction of sp³-hybridized carbons (Fsp3) is 0.300. The highest BCUT2D eigenvalue weighted by atomic mass is 32.1. The van der Waals surface area contributed by atoms with Crippen molar-refractivity contribution in [3.05, 3.63) is 63.9 Å². The van der Waals surface area contributed by atoms with E-state index in [1.165, 1.54) is 23.3 Å². The van der Waals surface area contributed by atoms with Crippen molar-refractivity contribution in [3.8, 4) is 5.75 Å². The van der Waals surface area contributed by atoms with Gasteiger partial charge < -0.3 is 14.6 Å². The number of nitrogens with zero attached hydrogens (tertiary/aromatic N) is 2. The van der Waals surface area contributed by atoms with Crippen LogP contribution in [0.2, 0.25) is 0 Å². The van der Waals surface area contributed by atoms with Gasteiger partial charge in [-0.2, -0.15) is 0 Å². The van der Waals surface area contributed by atoms with Crippen LogP contribution in [0.15, 0.2) is 42.0 Å². The van der Waals surface area contributed by atoms with E-state index in [1.54, 1.807) is 17.5 Å². The van der Waals surface area contributed by atoms with Gasteiger partial charge in [0.05, 0.1) is 5.56 Å². The van der Waals surface area contributed by atoms with Crippen LogP contribution in [0.5, 0.6) is 5.75 Å². The maximum atomic E-state index is 12.6. The number of aryl methyl sites for hydroxylation is 2. The van der Waals surface area contributed by atoms with Crippen molar-refractivity contribution >= 4 is 22.9 Å². The minimum Gasteiger partial charge on any atom is -0.486 e. The summed E-state index contributed by atoms with van der Waals surface area (Å²) in [5.74, 6) is 1.59. The molecule has 0 atom stereocenters. The number of hydrogen-bond acceptors (Lipinski definition) is 4. The van der Waals surface area contributed by atoms with Crippen molar-refractivity contribution in [2.45, 2.75) is 32.3 Å². The Hall–Kier alpha value is -2.60. The van der Waals surface area contributed by atoms with Gasteiger partial charge in [0.15, 0.2) is 0 Å². The molecule has 0 fully saturated rings. The number of benzene rings is 1. The Labute approximate surface area is 156 Å². The molecular formula is C20H21N3O2S. The van der Waals surface area contributed by atoms with Gasteiger partial charge in [-0.1, -0.05) is 0 Å². The first-order chi connectivity index (χ1) is 12.7. The molecule has 1 aromatic carbocycles. The second kappa shape index (κ2) is 7.33. The molecule has 1 amide bonds. The summed E-state index contributed by atoms with van der Waals surface area (Å²) in [7, 11) is 1.94. The van der Waals surface area contributed by atoms with Gasteiger partial charge in [0.25, 0.3) is 5.91 Å². The zero-order valence-corrected chi connectivity index (χ0v) is 15.5. The summed E-state index contributed by atoms with van der Waals surface area (Å²) in [5, 5.41) is 4.99. The monoisotopic (exact) mass is 367 g/mol. The number of carbonyl (C=O) groups excluding carboxylic acids is 1. The number of carbonyl (C=O) groups is 1. The third kappa shape index (κ3) is 3.51. The molecule has 2 heterocycles. The van der Waals surface area contributed by atoms with Crippen LogP contribution in [0.25, 0.3) is 0 Å². The minimum atomic E-state index is -0.0221. The van der Waals surface area contributed by atoms with Crippen molar-refractivity contribution < 1.29 is 9.53 Å². The number of ether oxygens (including phenoxy) is 1. The van der Waals surface area contributed by atoms with Crippen molar-refractivity contribution in [2.24, 2.45) is 7.05 Å². The Bertz CT molecular complexity index is 912. The number of imidazole rings is 1. The largest absolute Gasteiger partial charge is 0.486 e. The highest BCUT2D eigenvalue weighted by Crippen LogP contribution is 2.30. The standard InChI is InChI=1S/C20H21N3O2S/c1-23-11-10-21-19(23)12-25-15-8-6-14(7-9-15)22-20(24)17-13-26-18-5-3-2-4-16(17)18/h6-11,13H,2-5,12H2,1H3,(H,22,24). The van der Waals surface area contributed by atoms with Gasteiger partial charge in [-0.3, -0.25) is 4.79 Å². The highest BCUT2D eigenvalue weighted by molar-refractivity contribution is 7.10. The predicted octanol–water partition coefficient (Wildman–Crippen LogP) is 4.19. The van der Waals surface area contributed by atoms with Crippen LogP contribution in [-0.4, -0.2) is 15.5 Å². The molecule has 134 valence electrons. The number of anilines is 1.